The van der Waals surface area contributed by atoms with Crippen molar-refractivity contribution in [3.63, 3.8) is 0 Å². The average Bonchev–Trinajstić information content (AvgIpc) is 3.25. The number of aromatic nitrogens is 2. The molecule has 1 aliphatic rings. The number of nitrogens with zero attached hydrogens (tertiary/aromatic N) is 3. The number of hydrogen-bond donors (Lipinski definition) is 1. The minimum atomic E-state index is -1.07. The highest BCUT2D eigenvalue weighted by molar-refractivity contribution is 6.31. The molecule has 0 aliphatic carbocycles. The highest BCUT2D eigenvalue weighted by atomic mass is 35.5. The minimum absolute atomic E-state index is 0.211. The number of rotatable bonds is 5. The minimum Gasteiger partial charge on any atom is -0.449 e. The van der Waals surface area contributed by atoms with Gasteiger partial charge in [-0.25, -0.2) is 9.59 Å². The Morgan fingerprint density at radius 2 is 2.15 bits per heavy atom. The molecule has 2 heterocycles. The van der Waals surface area contributed by atoms with Crippen LogP contribution in [-0.4, -0.2) is 51.8 Å². The highest BCUT2D eigenvalue weighted by Crippen LogP contribution is 2.16. The largest absolute Gasteiger partial charge is 0.449 e. The lowest BCUT2D eigenvalue weighted by Gasteiger charge is -2.17. The third kappa shape index (κ3) is 3.85. The van der Waals surface area contributed by atoms with Gasteiger partial charge in [-0.1, -0.05) is 29.8 Å². The number of benzene rings is 1. The molecular weight excluding hydrogens is 360 g/mol. The first kappa shape index (κ1) is 17.9. The van der Waals surface area contributed by atoms with Crippen LogP contribution in [0.5, 0.6) is 0 Å². The van der Waals surface area contributed by atoms with Gasteiger partial charge in [-0.05, 0) is 18.6 Å². The molecule has 1 unspecified atom stereocenters. The van der Waals surface area contributed by atoms with Gasteiger partial charge in [0.1, 0.15) is 0 Å². The van der Waals surface area contributed by atoms with Gasteiger partial charge in [-0.15, -0.1) is 0 Å². The molecule has 1 saturated heterocycles. The van der Waals surface area contributed by atoms with Gasteiger partial charge >= 0.3 is 12.0 Å². The third-order valence-corrected chi connectivity index (χ3v) is 4.28. The Morgan fingerprint density at radius 1 is 1.38 bits per heavy atom. The standard InChI is InChI=1S/C17H17ClN4O4/c1-11(15(23)22-7-6-19-17(22)25)26-16(24)13-8-20-21(10-13)9-12-4-2-3-5-14(12)18/h2-5,8,10-11H,6-7,9H2,1H3,(H,19,25). The summed E-state index contributed by atoms with van der Waals surface area (Å²) in [5.41, 5.74) is 1.07. The van der Waals surface area contributed by atoms with Gasteiger partial charge < -0.3 is 10.1 Å². The zero-order valence-electron chi connectivity index (χ0n) is 14.0. The Hall–Kier alpha value is -2.87. The normalized spacial score (nSPS) is 14.8. The van der Waals surface area contributed by atoms with Crippen LogP contribution in [0.3, 0.4) is 0 Å². The molecule has 1 atom stereocenters. The average molecular weight is 377 g/mol. The molecule has 3 amide bonds. The van der Waals surface area contributed by atoms with E-state index in [0.29, 0.717) is 18.1 Å². The summed E-state index contributed by atoms with van der Waals surface area (Å²) in [6.45, 7) is 2.48. The van der Waals surface area contributed by atoms with Crippen molar-refractivity contribution >= 4 is 29.5 Å². The van der Waals surface area contributed by atoms with Crippen LogP contribution in [0.1, 0.15) is 22.8 Å². The smallest absolute Gasteiger partial charge is 0.342 e. The van der Waals surface area contributed by atoms with Gasteiger partial charge in [-0.2, -0.15) is 5.10 Å². The number of halogens is 1. The zero-order chi connectivity index (χ0) is 18.7. The Labute approximate surface area is 154 Å². The second kappa shape index (κ2) is 7.57. The van der Waals surface area contributed by atoms with Gasteiger partial charge in [0.15, 0.2) is 6.10 Å². The second-order valence-corrected chi connectivity index (χ2v) is 6.19. The number of carbonyl (C=O) groups is 3. The van der Waals surface area contributed by atoms with E-state index in [1.807, 2.05) is 18.2 Å². The predicted molar refractivity (Wildman–Crippen MR) is 92.8 cm³/mol. The molecule has 136 valence electrons. The first-order valence-corrected chi connectivity index (χ1v) is 8.39. The fourth-order valence-electron chi connectivity index (χ4n) is 2.54. The van der Waals surface area contributed by atoms with Crippen molar-refractivity contribution in [3.05, 3.63) is 52.8 Å². The number of amides is 3. The maximum Gasteiger partial charge on any atom is 0.342 e. The monoisotopic (exact) mass is 376 g/mol. The number of esters is 1. The molecule has 1 aromatic carbocycles. The van der Waals surface area contributed by atoms with E-state index < -0.39 is 24.0 Å². The van der Waals surface area contributed by atoms with Gasteiger partial charge in [0.05, 0.1) is 18.3 Å². The van der Waals surface area contributed by atoms with E-state index in [0.717, 1.165) is 10.5 Å². The molecular formula is C17H17ClN4O4. The summed E-state index contributed by atoms with van der Waals surface area (Å²) < 4.78 is 6.71. The lowest BCUT2D eigenvalue weighted by atomic mass is 10.2. The van der Waals surface area contributed by atoms with Crippen LogP contribution in [0, 0.1) is 0 Å². The molecule has 0 saturated carbocycles. The quantitative estimate of drug-likeness (QED) is 0.801. The van der Waals surface area contributed by atoms with Crippen molar-refractivity contribution in [1.82, 2.24) is 20.0 Å². The highest BCUT2D eigenvalue weighted by Gasteiger charge is 2.31. The maximum absolute atomic E-state index is 12.2. The van der Waals surface area contributed by atoms with E-state index in [2.05, 4.69) is 10.4 Å². The molecule has 1 N–H and O–H groups in total. The Morgan fingerprint density at radius 3 is 2.85 bits per heavy atom. The van der Waals surface area contributed by atoms with E-state index in [9.17, 15) is 14.4 Å². The second-order valence-electron chi connectivity index (χ2n) is 5.79. The number of carbonyl (C=O) groups excluding carboxylic acids is 3. The molecule has 2 aromatic rings. The van der Waals surface area contributed by atoms with E-state index in [4.69, 9.17) is 16.3 Å². The molecule has 1 aliphatic heterocycles. The zero-order valence-corrected chi connectivity index (χ0v) is 14.8. The van der Waals surface area contributed by atoms with E-state index in [1.54, 1.807) is 10.7 Å². The number of nitrogens with one attached hydrogen (secondary N) is 1. The molecule has 0 bridgehead atoms. The maximum atomic E-state index is 12.2. The summed E-state index contributed by atoms with van der Waals surface area (Å²) in [4.78, 5) is 36.9. The van der Waals surface area contributed by atoms with Crippen molar-refractivity contribution in [2.45, 2.75) is 19.6 Å². The summed E-state index contributed by atoms with van der Waals surface area (Å²) >= 11 is 6.11. The van der Waals surface area contributed by atoms with Crippen LogP contribution >= 0.6 is 11.6 Å². The summed E-state index contributed by atoms with van der Waals surface area (Å²) in [6, 6.07) is 6.85. The lowest BCUT2D eigenvalue weighted by Crippen LogP contribution is -2.41. The first-order valence-electron chi connectivity index (χ1n) is 8.02. The number of ether oxygens (including phenoxy) is 1. The molecule has 0 spiro atoms. The Balaban J connectivity index is 1.62. The lowest BCUT2D eigenvalue weighted by molar-refractivity contribution is -0.136. The molecule has 26 heavy (non-hydrogen) atoms. The van der Waals surface area contributed by atoms with Crippen molar-refractivity contribution in [1.29, 1.82) is 0 Å². The summed E-state index contributed by atoms with van der Waals surface area (Å²) in [7, 11) is 0. The molecule has 9 heteroatoms. The summed E-state index contributed by atoms with van der Waals surface area (Å²) in [5, 5.41) is 7.24. The SMILES string of the molecule is CC(OC(=O)c1cnn(Cc2ccccc2Cl)c1)C(=O)N1CCNC1=O. The van der Waals surface area contributed by atoms with Crippen LogP contribution < -0.4 is 5.32 Å². The van der Waals surface area contributed by atoms with Crippen LogP contribution in [0.4, 0.5) is 4.79 Å². The number of hydrogen-bond acceptors (Lipinski definition) is 5. The Bertz CT molecular complexity index is 851. The molecule has 0 radical (unpaired) electrons. The van der Waals surface area contributed by atoms with Crippen molar-refractivity contribution in [3.8, 4) is 0 Å². The molecule has 1 aromatic heterocycles. The predicted octanol–water partition coefficient (Wildman–Crippen LogP) is 1.68. The fraction of sp³-hybridized carbons (Fsp3) is 0.294. The van der Waals surface area contributed by atoms with Crippen LogP contribution in [0.25, 0.3) is 0 Å². The third-order valence-electron chi connectivity index (χ3n) is 3.91. The van der Waals surface area contributed by atoms with E-state index in [-0.39, 0.29) is 12.1 Å². The van der Waals surface area contributed by atoms with Crippen molar-refractivity contribution in [2.24, 2.45) is 0 Å². The first-order chi connectivity index (χ1) is 12.5. The van der Waals surface area contributed by atoms with Gasteiger partial charge in [-0.3, -0.25) is 14.4 Å². The Kier molecular flexibility index (Phi) is 5.22. The topological polar surface area (TPSA) is 93.5 Å². The van der Waals surface area contributed by atoms with E-state index >= 15 is 0 Å². The summed E-state index contributed by atoms with van der Waals surface area (Å²) in [5.74, 6) is -1.24. The number of urea groups is 1. The van der Waals surface area contributed by atoms with E-state index in [1.165, 1.54) is 19.3 Å². The van der Waals surface area contributed by atoms with Gasteiger partial charge in [0, 0.05) is 24.3 Å². The van der Waals surface area contributed by atoms with Crippen LogP contribution in [0.15, 0.2) is 36.7 Å². The molecule has 3 rings (SSSR count). The fourth-order valence-corrected chi connectivity index (χ4v) is 2.73. The summed E-state index contributed by atoms with van der Waals surface area (Å²) in [6.07, 6.45) is 1.81. The molecule has 8 nitrogen and oxygen atoms in total. The number of imide groups is 1. The molecule has 1 fully saturated rings. The van der Waals surface area contributed by atoms with Crippen LogP contribution in [-0.2, 0) is 16.1 Å². The van der Waals surface area contributed by atoms with Gasteiger partial charge in [0.25, 0.3) is 5.91 Å². The van der Waals surface area contributed by atoms with Crippen molar-refractivity contribution < 1.29 is 19.1 Å². The van der Waals surface area contributed by atoms with Crippen LogP contribution in [0.2, 0.25) is 5.02 Å². The van der Waals surface area contributed by atoms with Crippen molar-refractivity contribution in [2.75, 3.05) is 13.1 Å². The van der Waals surface area contributed by atoms with Gasteiger partial charge in [0.2, 0.25) is 0 Å².